The number of hydrogen-bond donors (Lipinski definition) is 1. The van der Waals surface area contributed by atoms with Gasteiger partial charge in [0.15, 0.2) is 11.5 Å². The van der Waals surface area contributed by atoms with Gasteiger partial charge in [-0.1, -0.05) is 28.1 Å². The van der Waals surface area contributed by atoms with E-state index in [-0.39, 0.29) is 11.8 Å². The zero-order valence-electron chi connectivity index (χ0n) is 12.4. The van der Waals surface area contributed by atoms with Gasteiger partial charge in [-0.05, 0) is 41.8 Å². The molecule has 4 nitrogen and oxygen atoms in total. The number of methoxy groups -OCH3 is 2. The van der Waals surface area contributed by atoms with Crippen molar-refractivity contribution in [1.29, 1.82) is 0 Å². The van der Waals surface area contributed by atoms with Crippen molar-refractivity contribution in [3.63, 3.8) is 0 Å². The summed E-state index contributed by atoms with van der Waals surface area (Å²) in [6.45, 7) is 0. The summed E-state index contributed by atoms with van der Waals surface area (Å²) in [5.74, 6) is 1.14. The van der Waals surface area contributed by atoms with Crippen molar-refractivity contribution >= 4 is 27.5 Å². The fourth-order valence-electron chi connectivity index (χ4n) is 2.83. The molecule has 0 saturated heterocycles. The van der Waals surface area contributed by atoms with E-state index in [9.17, 15) is 4.79 Å². The van der Waals surface area contributed by atoms with Crippen molar-refractivity contribution < 1.29 is 14.3 Å². The van der Waals surface area contributed by atoms with Crippen LogP contribution in [0.4, 0.5) is 5.69 Å². The van der Waals surface area contributed by atoms with Gasteiger partial charge in [0.25, 0.3) is 0 Å². The number of fused-ring (bicyclic) bond motifs is 1. The summed E-state index contributed by atoms with van der Waals surface area (Å²) < 4.78 is 11.7. The van der Waals surface area contributed by atoms with Crippen LogP contribution in [0.1, 0.15) is 17.0 Å². The predicted molar refractivity (Wildman–Crippen MR) is 88.8 cm³/mol. The van der Waals surface area contributed by atoms with Gasteiger partial charge in [-0.15, -0.1) is 0 Å². The molecule has 1 amide bonds. The lowest BCUT2D eigenvalue weighted by Crippen LogP contribution is -2.14. The quantitative estimate of drug-likeness (QED) is 0.901. The molecular weight excluding hydrogens is 346 g/mol. The molecule has 0 radical (unpaired) electrons. The van der Waals surface area contributed by atoms with Gasteiger partial charge in [0.05, 0.1) is 20.1 Å². The molecule has 1 aliphatic heterocycles. The molecule has 1 N–H and O–H groups in total. The molecule has 114 valence electrons. The Kier molecular flexibility index (Phi) is 4.07. The Bertz CT molecular complexity index is 730. The van der Waals surface area contributed by atoms with Crippen LogP contribution in [0.25, 0.3) is 0 Å². The van der Waals surface area contributed by atoms with Crippen LogP contribution in [-0.4, -0.2) is 20.1 Å². The predicted octanol–water partition coefficient (Wildman–Crippen LogP) is 3.74. The number of ether oxygens (including phenoxy) is 2. The molecule has 0 aromatic heterocycles. The highest BCUT2D eigenvalue weighted by Gasteiger charge is 2.31. The molecule has 0 aliphatic carbocycles. The van der Waals surface area contributed by atoms with Crippen LogP contribution >= 0.6 is 15.9 Å². The Balaban J connectivity index is 1.98. The van der Waals surface area contributed by atoms with Gasteiger partial charge in [-0.3, -0.25) is 4.79 Å². The monoisotopic (exact) mass is 361 g/mol. The Morgan fingerprint density at radius 2 is 2.00 bits per heavy atom. The third-order valence-electron chi connectivity index (χ3n) is 3.87. The molecule has 0 saturated carbocycles. The van der Waals surface area contributed by atoms with Crippen LogP contribution < -0.4 is 14.8 Å². The van der Waals surface area contributed by atoms with E-state index in [0.29, 0.717) is 17.9 Å². The largest absolute Gasteiger partial charge is 0.493 e. The van der Waals surface area contributed by atoms with Gasteiger partial charge in [0.1, 0.15) is 0 Å². The Morgan fingerprint density at radius 3 is 2.73 bits per heavy atom. The molecule has 1 heterocycles. The second-order valence-electron chi connectivity index (χ2n) is 5.13. The summed E-state index contributed by atoms with van der Waals surface area (Å²) in [6.07, 6.45) is 0.565. The number of para-hydroxylation sites is 1. The molecule has 3 rings (SSSR count). The second kappa shape index (κ2) is 6.01. The molecule has 0 fully saturated rings. The molecule has 2 aromatic carbocycles. The number of carbonyl (C=O) groups is 1. The van der Waals surface area contributed by atoms with Crippen LogP contribution in [0, 0.1) is 0 Å². The van der Waals surface area contributed by atoms with E-state index < -0.39 is 0 Å². The average molecular weight is 362 g/mol. The first-order valence-electron chi connectivity index (χ1n) is 6.94. The minimum atomic E-state index is -0.228. The summed E-state index contributed by atoms with van der Waals surface area (Å²) >= 11 is 3.46. The molecule has 22 heavy (non-hydrogen) atoms. The maximum Gasteiger partial charge on any atom is 0.232 e. The molecule has 5 heteroatoms. The molecule has 0 spiro atoms. The van der Waals surface area contributed by atoms with E-state index >= 15 is 0 Å². The molecule has 1 atom stereocenters. The number of halogens is 1. The van der Waals surface area contributed by atoms with Crippen LogP contribution in [0.2, 0.25) is 0 Å². The number of nitrogens with one attached hydrogen (secondary N) is 1. The van der Waals surface area contributed by atoms with E-state index in [1.165, 1.54) is 0 Å². The van der Waals surface area contributed by atoms with Gasteiger partial charge in [-0.2, -0.15) is 0 Å². The molecular formula is C17H16BrNO3. The van der Waals surface area contributed by atoms with Gasteiger partial charge < -0.3 is 14.8 Å². The highest BCUT2D eigenvalue weighted by atomic mass is 79.9. The number of anilines is 1. The van der Waals surface area contributed by atoms with Gasteiger partial charge >= 0.3 is 0 Å². The van der Waals surface area contributed by atoms with Gasteiger partial charge in [-0.25, -0.2) is 0 Å². The zero-order valence-corrected chi connectivity index (χ0v) is 13.9. The van der Waals surface area contributed by atoms with Crippen LogP contribution in [-0.2, 0) is 11.2 Å². The normalized spacial score (nSPS) is 16.1. The number of rotatable bonds is 4. The molecule has 0 unspecified atom stereocenters. The van der Waals surface area contributed by atoms with E-state index in [1.54, 1.807) is 14.2 Å². The summed E-state index contributed by atoms with van der Waals surface area (Å²) in [4.78, 5) is 12.3. The number of amides is 1. The number of benzene rings is 2. The maximum atomic E-state index is 12.3. The average Bonchev–Trinajstić information content (AvgIpc) is 2.82. The summed E-state index contributed by atoms with van der Waals surface area (Å²) in [7, 11) is 3.22. The summed E-state index contributed by atoms with van der Waals surface area (Å²) in [6, 6.07) is 11.6. The lowest BCUT2D eigenvalue weighted by molar-refractivity contribution is -0.117. The smallest absolute Gasteiger partial charge is 0.232 e. The number of hydrogen-bond acceptors (Lipinski definition) is 3. The summed E-state index contributed by atoms with van der Waals surface area (Å²) in [5, 5.41) is 2.93. The van der Waals surface area contributed by atoms with Crippen molar-refractivity contribution in [2.45, 2.75) is 12.3 Å². The lowest BCUT2D eigenvalue weighted by Gasteiger charge is -2.15. The van der Waals surface area contributed by atoms with Crippen LogP contribution in [0.15, 0.2) is 40.9 Å². The fourth-order valence-corrected chi connectivity index (χ4v) is 3.21. The minimum Gasteiger partial charge on any atom is -0.493 e. The Hall–Kier alpha value is -2.01. The Labute approximate surface area is 137 Å². The van der Waals surface area contributed by atoms with E-state index in [2.05, 4.69) is 21.2 Å². The second-order valence-corrected chi connectivity index (χ2v) is 6.05. The van der Waals surface area contributed by atoms with Crippen LogP contribution in [0.3, 0.4) is 0 Å². The number of carbonyl (C=O) groups excluding carboxylic acids is 1. The SMILES string of the molecule is COc1cccc(C[C@H]2C(=O)Nc3ccc(Br)cc32)c1OC. The van der Waals surface area contributed by atoms with E-state index in [4.69, 9.17) is 9.47 Å². The van der Waals surface area contributed by atoms with Crippen LogP contribution in [0.5, 0.6) is 11.5 Å². The Morgan fingerprint density at radius 1 is 1.18 bits per heavy atom. The standard InChI is InChI=1S/C17H16BrNO3/c1-21-15-5-3-4-10(16(15)22-2)8-13-12-9-11(18)6-7-14(12)19-17(13)20/h3-7,9,13H,8H2,1-2H3,(H,19,20)/t13-/m1/s1. The van der Waals surface area contributed by atoms with Gasteiger partial charge in [0, 0.05) is 10.2 Å². The van der Waals surface area contributed by atoms with Gasteiger partial charge in [0.2, 0.25) is 5.91 Å². The maximum absolute atomic E-state index is 12.3. The first-order valence-corrected chi connectivity index (χ1v) is 7.73. The third kappa shape index (κ3) is 2.57. The van der Waals surface area contributed by atoms with Crippen molar-refractivity contribution in [2.75, 3.05) is 19.5 Å². The first kappa shape index (κ1) is 14.9. The molecule has 0 bridgehead atoms. The molecule has 2 aromatic rings. The highest BCUT2D eigenvalue weighted by Crippen LogP contribution is 2.39. The highest BCUT2D eigenvalue weighted by molar-refractivity contribution is 9.10. The summed E-state index contributed by atoms with van der Waals surface area (Å²) in [5.41, 5.74) is 2.83. The topological polar surface area (TPSA) is 47.6 Å². The minimum absolute atomic E-state index is 0.0120. The zero-order chi connectivity index (χ0) is 15.7. The molecule has 1 aliphatic rings. The third-order valence-corrected chi connectivity index (χ3v) is 4.37. The van der Waals surface area contributed by atoms with Crippen molar-refractivity contribution in [2.24, 2.45) is 0 Å². The van der Waals surface area contributed by atoms with Crippen molar-refractivity contribution in [1.82, 2.24) is 0 Å². The fraction of sp³-hybridized carbons (Fsp3) is 0.235. The lowest BCUT2D eigenvalue weighted by atomic mass is 9.92. The van der Waals surface area contributed by atoms with Crippen molar-refractivity contribution in [3.05, 3.63) is 52.0 Å². The first-order chi connectivity index (χ1) is 10.6. The van der Waals surface area contributed by atoms with E-state index in [1.807, 2.05) is 36.4 Å². The van der Waals surface area contributed by atoms with Crippen molar-refractivity contribution in [3.8, 4) is 11.5 Å². The van der Waals surface area contributed by atoms with E-state index in [0.717, 1.165) is 21.3 Å².